The maximum absolute atomic E-state index is 5.17. The molecule has 0 radical (unpaired) electrons. The van der Waals surface area contributed by atoms with Gasteiger partial charge in [-0.3, -0.25) is 0 Å². The molecule has 2 aromatic rings. The van der Waals surface area contributed by atoms with Gasteiger partial charge in [-0.2, -0.15) is 0 Å². The number of aromatic nitrogens is 2. The molecule has 0 aliphatic carbocycles. The molecule has 0 spiro atoms. The molecule has 1 heterocycles. The van der Waals surface area contributed by atoms with Crippen molar-refractivity contribution in [1.29, 1.82) is 0 Å². The number of nitrogens with zero attached hydrogens (tertiary/aromatic N) is 2. The summed E-state index contributed by atoms with van der Waals surface area (Å²) >= 11 is 0. The SMILES string of the molecule is CCCNCc1cc(C)nc(-c2ccc(OC)cc2)n1. The van der Waals surface area contributed by atoms with Crippen LogP contribution in [0.2, 0.25) is 0 Å². The van der Waals surface area contributed by atoms with Crippen LogP contribution in [0.15, 0.2) is 30.3 Å². The molecule has 106 valence electrons. The Labute approximate surface area is 120 Å². The first-order valence-electron chi connectivity index (χ1n) is 6.92. The minimum Gasteiger partial charge on any atom is -0.497 e. The lowest BCUT2D eigenvalue weighted by atomic mass is 10.2. The number of aryl methyl sites for hydroxylation is 1. The van der Waals surface area contributed by atoms with Crippen molar-refractivity contribution < 1.29 is 4.74 Å². The van der Waals surface area contributed by atoms with Crippen LogP contribution in [-0.4, -0.2) is 23.6 Å². The predicted molar refractivity (Wildman–Crippen MR) is 80.8 cm³/mol. The molecule has 1 aromatic carbocycles. The summed E-state index contributed by atoms with van der Waals surface area (Å²) in [6.07, 6.45) is 1.12. The highest BCUT2D eigenvalue weighted by Gasteiger charge is 2.05. The predicted octanol–water partition coefficient (Wildman–Crippen LogP) is 2.96. The van der Waals surface area contributed by atoms with Crippen molar-refractivity contribution in [2.24, 2.45) is 0 Å². The van der Waals surface area contributed by atoms with Crippen molar-refractivity contribution in [3.63, 3.8) is 0 Å². The average molecular weight is 271 g/mol. The van der Waals surface area contributed by atoms with Crippen molar-refractivity contribution in [1.82, 2.24) is 15.3 Å². The van der Waals surface area contributed by atoms with Crippen LogP contribution < -0.4 is 10.1 Å². The summed E-state index contributed by atoms with van der Waals surface area (Å²) in [7, 11) is 1.66. The van der Waals surface area contributed by atoms with Crippen LogP contribution in [-0.2, 0) is 6.54 Å². The third-order valence-corrected chi connectivity index (χ3v) is 2.99. The molecule has 0 saturated heterocycles. The van der Waals surface area contributed by atoms with Crippen LogP contribution >= 0.6 is 0 Å². The summed E-state index contributed by atoms with van der Waals surface area (Å²) in [5, 5.41) is 3.37. The van der Waals surface area contributed by atoms with E-state index >= 15 is 0 Å². The molecule has 20 heavy (non-hydrogen) atoms. The van der Waals surface area contributed by atoms with Gasteiger partial charge in [-0.15, -0.1) is 0 Å². The van der Waals surface area contributed by atoms with Crippen molar-refractivity contribution >= 4 is 0 Å². The summed E-state index contributed by atoms with van der Waals surface area (Å²) in [5.41, 5.74) is 3.02. The molecule has 4 nitrogen and oxygen atoms in total. The number of ether oxygens (including phenoxy) is 1. The Hall–Kier alpha value is -1.94. The van der Waals surface area contributed by atoms with Gasteiger partial charge in [-0.05, 0) is 50.2 Å². The molecule has 0 bridgehead atoms. The van der Waals surface area contributed by atoms with E-state index in [1.165, 1.54) is 0 Å². The van der Waals surface area contributed by atoms with Crippen LogP contribution in [0.3, 0.4) is 0 Å². The zero-order valence-corrected chi connectivity index (χ0v) is 12.3. The van der Waals surface area contributed by atoms with Gasteiger partial charge < -0.3 is 10.1 Å². The Kier molecular flexibility index (Phi) is 5.07. The second-order valence-electron chi connectivity index (χ2n) is 4.73. The number of benzene rings is 1. The highest BCUT2D eigenvalue weighted by molar-refractivity contribution is 5.56. The standard InChI is InChI=1S/C16H21N3O/c1-4-9-17-11-14-10-12(2)18-16(19-14)13-5-7-15(20-3)8-6-13/h5-8,10,17H,4,9,11H2,1-3H3. The summed E-state index contributed by atoms with van der Waals surface area (Å²) in [5.74, 6) is 1.60. The molecule has 0 atom stereocenters. The minimum atomic E-state index is 0.765. The van der Waals surface area contributed by atoms with Gasteiger partial charge in [0.25, 0.3) is 0 Å². The van der Waals surface area contributed by atoms with Crippen molar-refractivity contribution in [2.45, 2.75) is 26.8 Å². The van der Waals surface area contributed by atoms with E-state index in [0.29, 0.717) is 0 Å². The van der Waals surface area contributed by atoms with Gasteiger partial charge in [0.05, 0.1) is 12.8 Å². The van der Waals surface area contributed by atoms with Gasteiger partial charge in [0.1, 0.15) is 5.75 Å². The number of hydrogen-bond donors (Lipinski definition) is 1. The van der Waals surface area contributed by atoms with Crippen LogP contribution in [0.5, 0.6) is 5.75 Å². The number of methoxy groups -OCH3 is 1. The Morgan fingerprint density at radius 3 is 2.55 bits per heavy atom. The zero-order valence-electron chi connectivity index (χ0n) is 12.3. The lowest BCUT2D eigenvalue weighted by Crippen LogP contribution is -2.15. The summed E-state index contributed by atoms with van der Waals surface area (Å²) in [4.78, 5) is 9.12. The molecule has 0 aliphatic heterocycles. The van der Waals surface area contributed by atoms with Crippen LogP contribution in [0, 0.1) is 6.92 Å². The molecule has 1 aromatic heterocycles. The van der Waals surface area contributed by atoms with E-state index in [1.54, 1.807) is 7.11 Å². The fraction of sp³-hybridized carbons (Fsp3) is 0.375. The lowest BCUT2D eigenvalue weighted by molar-refractivity contribution is 0.415. The second-order valence-corrected chi connectivity index (χ2v) is 4.73. The van der Waals surface area contributed by atoms with Crippen LogP contribution in [0.4, 0.5) is 0 Å². The van der Waals surface area contributed by atoms with Gasteiger partial charge >= 0.3 is 0 Å². The zero-order chi connectivity index (χ0) is 14.4. The highest BCUT2D eigenvalue weighted by Crippen LogP contribution is 2.19. The largest absolute Gasteiger partial charge is 0.497 e. The highest BCUT2D eigenvalue weighted by atomic mass is 16.5. The molecule has 0 fully saturated rings. The normalized spacial score (nSPS) is 10.6. The molecule has 0 amide bonds. The monoisotopic (exact) mass is 271 g/mol. The fourth-order valence-corrected chi connectivity index (χ4v) is 1.99. The number of rotatable bonds is 6. The molecule has 0 unspecified atom stereocenters. The Morgan fingerprint density at radius 2 is 1.90 bits per heavy atom. The van der Waals surface area contributed by atoms with Crippen LogP contribution in [0.25, 0.3) is 11.4 Å². The van der Waals surface area contributed by atoms with E-state index in [2.05, 4.69) is 22.2 Å². The van der Waals surface area contributed by atoms with Crippen molar-refractivity contribution in [3.05, 3.63) is 41.7 Å². The van der Waals surface area contributed by atoms with E-state index < -0.39 is 0 Å². The van der Waals surface area contributed by atoms with Crippen molar-refractivity contribution in [3.8, 4) is 17.1 Å². The van der Waals surface area contributed by atoms with Gasteiger partial charge in [-0.25, -0.2) is 9.97 Å². The third kappa shape index (κ3) is 3.78. The van der Waals surface area contributed by atoms with Gasteiger partial charge in [0, 0.05) is 17.8 Å². The Balaban J connectivity index is 2.21. The molecule has 0 saturated carbocycles. The second kappa shape index (κ2) is 7.01. The minimum absolute atomic E-state index is 0.765. The van der Waals surface area contributed by atoms with Gasteiger partial charge in [0.15, 0.2) is 5.82 Å². The van der Waals surface area contributed by atoms with E-state index in [9.17, 15) is 0 Å². The summed E-state index contributed by atoms with van der Waals surface area (Å²) in [6, 6.07) is 9.84. The fourth-order valence-electron chi connectivity index (χ4n) is 1.99. The molecule has 0 aliphatic rings. The quantitative estimate of drug-likeness (QED) is 0.821. The summed E-state index contributed by atoms with van der Waals surface area (Å²) < 4.78 is 5.17. The van der Waals surface area contributed by atoms with E-state index in [-0.39, 0.29) is 0 Å². The third-order valence-electron chi connectivity index (χ3n) is 2.99. The molecular formula is C16H21N3O. The Bertz CT molecular complexity index is 552. The van der Waals surface area contributed by atoms with Gasteiger partial charge in [-0.1, -0.05) is 6.92 Å². The molecule has 1 N–H and O–H groups in total. The first kappa shape index (κ1) is 14.5. The van der Waals surface area contributed by atoms with E-state index in [0.717, 1.165) is 48.0 Å². The topological polar surface area (TPSA) is 47.0 Å². The maximum atomic E-state index is 5.17. The maximum Gasteiger partial charge on any atom is 0.159 e. The van der Waals surface area contributed by atoms with E-state index in [4.69, 9.17) is 4.74 Å². The van der Waals surface area contributed by atoms with E-state index in [1.807, 2.05) is 37.3 Å². The molecule has 2 rings (SSSR count). The lowest BCUT2D eigenvalue weighted by Gasteiger charge is -2.07. The summed E-state index contributed by atoms with van der Waals surface area (Å²) in [6.45, 7) is 5.93. The Morgan fingerprint density at radius 1 is 1.15 bits per heavy atom. The van der Waals surface area contributed by atoms with Crippen LogP contribution in [0.1, 0.15) is 24.7 Å². The first-order chi connectivity index (χ1) is 9.72. The smallest absolute Gasteiger partial charge is 0.159 e. The number of hydrogen-bond acceptors (Lipinski definition) is 4. The van der Waals surface area contributed by atoms with Gasteiger partial charge in [0.2, 0.25) is 0 Å². The number of nitrogens with one attached hydrogen (secondary N) is 1. The average Bonchev–Trinajstić information content (AvgIpc) is 2.47. The molecule has 4 heteroatoms. The molecular weight excluding hydrogens is 250 g/mol. The van der Waals surface area contributed by atoms with Crippen molar-refractivity contribution in [2.75, 3.05) is 13.7 Å². The first-order valence-corrected chi connectivity index (χ1v) is 6.92.